The Kier molecular flexibility index (Phi) is 3.32. The minimum atomic E-state index is -0.415. The Labute approximate surface area is 108 Å². The summed E-state index contributed by atoms with van der Waals surface area (Å²) in [6.07, 6.45) is 4.91. The lowest BCUT2D eigenvalue weighted by atomic mass is 9.79. The van der Waals surface area contributed by atoms with Crippen molar-refractivity contribution in [2.75, 3.05) is 6.54 Å². The maximum absolute atomic E-state index is 12.1. The van der Waals surface area contributed by atoms with Crippen LogP contribution >= 0.6 is 11.6 Å². The van der Waals surface area contributed by atoms with E-state index in [2.05, 4.69) is 0 Å². The Balaban J connectivity index is 2.01. The summed E-state index contributed by atoms with van der Waals surface area (Å²) in [4.78, 5) is 13.9. The van der Waals surface area contributed by atoms with Gasteiger partial charge in [-0.3, -0.25) is 0 Å². The van der Waals surface area contributed by atoms with Crippen LogP contribution < -0.4 is 0 Å². The van der Waals surface area contributed by atoms with Crippen molar-refractivity contribution in [2.24, 2.45) is 0 Å². The molecule has 0 aromatic carbocycles. The summed E-state index contributed by atoms with van der Waals surface area (Å²) in [5.74, 6) is 0. The lowest BCUT2D eigenvalue weighted by molar-refractivity contribution is -0.000244. The molecule has 1 amide bonds. The molecule has 0 aromatic rings. The molecule has 0 aromatic heterocycles. The molecular formula is C13H22ClNO2. The number of hydrogen-bond acceptors (Lipinski definition) is 2. The quantitative estimate of drug-likeness (QED) is 0.623. The van der Waals surface area contributed by atoms with Gasteiger partial charge in [-0.05, 0) is 52.9 Å². The highest BCUT2D eigenvalue weighted by molar-refractivity contribution is 6.24. The molecule has 2 aliphatic rings. The highest BCUT2D eigenvalue weighted by Crippen LogP contribution is 2.42. The Morgan fingerprint density at radius 2 is 2.12 bits per heavy atom. The molecule has 4 heteroatoms. The second-order valence-corrected chi connectivity index (χ2v) is 7.13. The molecule has 3 nitrogen and oxygen atoms in total. The van der Waals surface area contributed by atoms with Crippen LogP contribution in [0.15, 0.2) is 0 Å². The minimum absolute atomic E-state index is 0.0541. The smallest absolute Gasteiger partial charge is 0.410 e. The van der Waals surface area contributed by atoms with Gasteiger partial charge in [0.25, 0.3) is 0 Å². The maximum atomic E-state index is 12.1. The third kappa shape index (κ3) is 3.06. The van der Waals surface area contributed by atoms with E-state index >= 15 is 0 Å². The average molecular weight is 260 g/mol. The number of ether oxygens (including phenoxy) is 1. The second kappa shape index (κ2) is 4.34. The molecule has 1 aliphatic heterocycles. The number of rotatable bonds is 0. The molecule has 0 spiro atoms. The van der Waals surface area contributed by atoms with E-state index in [1.165, 1.54) is 0 Å². The topological polar surface area (TPSA) is 29.5 Å². The molecule has 2 fully saturated rings. The summed E-state index contributed by atoms with van der Waals surface area (Å²) >= 11 is 6.53. The van der Waals surface area contributed by atoms with E-state index in [9.17, 15) is 4.79 Å². The molecule has 17 heavy (non-hydrogen) atoms. The SMILES string of the molecule is CC(C)(C)OC(=O)N1CCC2(Cl)CCCC1C2. The van der Waals surface area contributed by atoms with Crippen LogP contribution in [0.1, 0.15) is 52.9 Å². The van der Waals surface area contributed by atoms with Gasteiger partial charge in [0.2, 0.25) is 0 Å². The van der Waals surface area contributed by atoms with Gasteiger partial charge in [-0.2, -0.15) is 0 Å². The first-order valence-electron chi connectivity index (χ1n) is 6.48. The zero-order chi connectivity index (χ0) is 12.7. The zero-order valence-corrected chi connectivity index (χ0v) is 11.7. The Morgan fingerprint density at radius 3 is 2.76 bits per heavy atom. The summed E-state index contributed by atoms with van der Waals surface area (Å²) in [6, 6.07) is 0.282. The molecule has 1 heterocycles. The molecule has 0 radical (unpaired) electrons. The van der Waals surface area contributed by atoms with Crippen molar-refractivity contribution in [3.8, 4) is 0 Å². The van der Waals surface area contributed by atoms with Crippen molar-refractivity contribution in [1.29, 1.82) is 0 Å². The highest BCUT2D eigenvalue weighted by atomic mass is 35.5. The number of likely N-dealkylation sites (tertiary alicyclic amines) is 1. The monoisotopic (exact) mass is 259 g/mol. The van der Waals surface area contributed by atoms with Gasteiger partial charge in [0.05, 0.1) is 0 Å². The molecule has 2 atom stereocenters. The molecule has 1 aliphatic carbocycles. The minimum Gasteiger partial charge on any atom is -0.444 e. The summed E-state index contributed by atoms with van der Waals surface area (Å²) in [6.45, 7) is 6.45. The van der Waals surface area contributed by atoms with Crippen LogP contribution in [0.2, 0.25) is 0 Å². The number of nitrogens with zero attached hydrogens (tertiary/aromatic N) is 1. The summed E-state index contributed by atoms with van der Waals surface area (Å²) in [5, 5.41) is 0. The predicted octanol–water partition coefficient (Wildman–Crippen LogP) is 3.55. The van der Waals surface area contributed by atoms with Gasteiger partial charge in [-0.25, -0.2) is 4.79 Å². The van der Waals surface area contributed by atoms with Gasteiger partial charge in [0.15, 0.2) is 0 Å². The molecule has 0 N–H and O–H groups in total. The van der Waals surface area contributed by atoms with Gasteiger partial charge in [0.1, 0.15) is 5.60 Å². The van der Waals surface area contributed by atoms with Gasteiger partial charge in [-0.15, -0.1) is 11.6 Å². The van der Waals surface area contributed by atoms with Gasteiger partial charge in [-0.1, -0.05) is 0 Å². The molecule has 1 saturated heterocycles. The van der Waals surface area contributed by atoms with Crippen LogP contribution in [0.4, 0.5) is 4.79 Å². The normalized spacial score (nSPS) is 33.4. The lowest BCUT2D eigenvalue weighted by Gasteiger charge is -2.47. The number of amides is 1. The Morgan fingerprint density at radius 1 is 1.41 bits per heavy atom. The number of carbonyl (C=O) groups is 1. The first kappa shape index (κ1) is 13.0. The number of carbonyl (C=O) groups excluding carboxylic acids is 1. The van der Waals surface area contributed by atoms with Crippen LogP contribution in [-0.4, -0.2) is 34.1 Å². The second-order valence-electron chi connectivity index (χ2n) is 6.32. The van der Waals surface area contributed by atoms with Crippen LogP contribution in [0.5, 0.6) is 0 Å². The van der Waals surface area contributed by atoms with Crippen molar-refractivity contribution < 1.29 is 9.53 Å². The van der Waals surface area contributed by atoms with E-state index in [-0.39, 0.29) is 17.0 Å². The third-order valence-electron chi connectivity index (χ3n) is 3.63. The molecular weight excluding hydrogens is 238 g/mol. The molecule has 1 saturated carbocycles. The number of hydrogen-bond donors (Lipinski definition) is 0. The average Bonchev–Trinajstić information content (AvgIpc) is 2.13. The van der Waals surface area contributed by atoms with Crippen LogP contribution in [0.3, 0.4) is 0 Å². The van der Waals surface area contributed by atoms with E-state index in [1.807, 2.05) is 25.7 Å². The van der Waals surface area contributed by atoms with E-state index in [0.29, 0.717) is 0 Å². The van der Waals surface area contributed by atoms with Crippen LogP contribution in [-0.2, 0) is 4.74 Å². The van der Waals surface area contributed by atoms with Crippen LogP contribution in [0.25, 0.3) is 0 Å². The fourth-order valence-corrected chi connectivity index (χ4v) is 3.23. The number of piperidine rings is 1. The summed E-state index contributed by atoms with van der Waals surface area (Å²) in [7, 11) is 0. The molecule has 2 bridgehead atoms. The van der Waals surface area contributed by atoms with E-state index in [0.717, 1.165) is 38.6 Å². The molecule has 98 valence electrons. The highest BCUT2D eigenvalue weighted by Gasteiger charge is 2.43. The number of fused-ring (bicyclic) bond motifs is 2. The first-order valence-corrected chi connectivity index (χ1v) is 6.85. The van der Waals surface area contributed by atoms with Gasteiger partial charge >= 0.3 is 6.09 Å². The molecule has 2 rings (SSSR count). The zero-order valence-electron chi connectivity index (χ0n) is 11.0. The standard InChI is InChI=1S/C13H22ClNO2/c1-12(2,3)17-11(16)15-8-7-13(14)6-4-5-10(15)9-13/h10H,4-9H2,1-3H3. The summed E-state index contributed by atoms with van der Waals surface area (Å²) in [5.41, 5.74) is -0.415. The fourth-order valence-electron chi connectivity index (χ4n) is 2.84. The lowest BCUT2D eigenvalue weighted by Crippen LogP contribution is -2.54. The van der Waals surface area contributed by atoms with Crippen molar-refractivity contribution in [3.63, 3.8) is 0 Å². The van der Waals surface area contributed by atoms with E-state index < -0.39 is 5.60 Å². The van der Waals surface area contributed by atoms with Gasteiger partial charge in [0, 0.05) is 17.5 Å². The van der Waals surface area contributed by atoms with Crippen molar-refractivity contribution >= 4 is 17.7 Å². The third-order valence-corrected chi connectivity index (χ3v) is 4.17. The Bertz CT molecular complexity index is 313. The van der Waals surface area contributed by atoms with Crippen molar-refractivity contribution in [3.05, 3.63) is 0 Å². The largest absolute Gasteiger partial charge is 0.444 e. The van der Waals surface area contributed by atoms with E-state index in [1.54, 1.807) is 0 Å². The predicted molar refractivity (Wildman–Crippen MR) is 68.4 cm³/mol. The maximum Gasteiger partial charge on any atom is 0.410 e. The van der Waals surface area contributed by atoms with Crippen molar-refractivity contribution in [1.82, 2.24) is 4.90 Å². The van der Waals surface area contributed by atoms with E-state index in [4.69, 9.17) is 16.3 Å². The summed E-state index contributed by atoms with van der Waals surface area (Å²) < 4.78 is 5.45. The number of alkyl halides is 1. The Hall–Kier alpha value is -0.440. The first-order chi connectivity index (χ1) is 7.79. The molecule has 2 unspecified atom stereocenters. The van der Waals surface area contributed by atoms with Crippen LogP contribution in [0, 0.1) is 0 Å². The van der Waals surface area contributed by atoms with Gasteiger partial charge < -0.3 is 9.64 Å². The van der Waals surface area contributed by atoms with Crippen molar-refractivity contribution in [2.45, 2.75) is 69.4 Å². The fraction of sp³-hybridized carbons (Fsp3) is 0.923. The number of halogens is 1.